The van der Waals surface area contributed by atoms with E-state index in [1.165, 1.54) is 0 Å². The second kappa shape index (κ2) is 3.96. The summed E-state index contributed by atoms with van der Waals surface area (Å²) in [4.78, 5) is 14.4. The first-order valence-corrected chi connectivity index (χ1v) is 5.96. The summed E-state index contributed by atoms with van der Waals surface area (Å²) < 4.78 is 0. The minimum atomic E-state index is 0.0550. The third-order valence-corrected chi connectivity index (χ3v) is 3.49. The van der Waals surface area contributed by atoms with E-state index in [9.17, 15) is 4.79 Å². The maximum absolute atomic E-state index is 12.1. The van der Waals surface area contributed by atoms with Gasteiger partial charge < -0.3 is 4.90 Å². The second-order valence-corrected chi connectivity index (χ2v) is 5.36. The van der Waals surface area contributed by atoms with Crippen molar-refractivity contribution in [1.82, 2.24) is 15.1 Å². The number of amides is 1. The SMILES string of the molecule is Cc1cn[nH]c1C(=O)N1CC(Br)CC1C. The maximum atomic E-state index is 12.1. The van der Waals surface area contributed by atoms with Gasteiger partial charge in [0.25, 0.3) is 5.91 Å². The van der Waals surface area contributed by atoms with Gasteiger partial charge in [0, 0.05) is 17.4 Å². The molecule has 4 nitrogen and oxygen atoms in total. The van der Waals surface area contributed by atoms with E-state index >= 15 is 0 Å². The Morgan fingerprint density at radius 2 is 2.47 bits per heavy atom. The predicted molar refractivity (Wildman–Crippen MR) is 61.2 cm³/mol. The van der Waals surface area contributed by atoms with Crippen LogP contribution in [-0.2, 0) is 0 Å². The van der Waals surface area contributed by atoms with Crippen LogP contribution in [-0.4, -0.2) is 38.4 Å². The van der Waals surface area contributed by atoms with Gasteiger partial charge in [-0.1, -0.05) is 15.9 Å². The first-order valence-electron chi connectivity index (χ1n) is 5.04. The number of hydrogen-bond acceptors (Lipinski definition) is 2. The molecule has 15 heavy (non-hydrogen) atoms. The Bertz CT molecular complexity index is 376. The minimum Gasteiger partial charge on any atom is -0.333 e. The number of halogens is 1. The highest BCUT2D eigenvalue weighted by Crippen LogP contribution is 2.24. The Kier molecular flexibility index (Phi) is 2.82. The van der Waals surface area contributed by atoms with Gasteiger partial charge >= 0.3 is 0 Å². The smallest absolute Gasteiger partial charge is 0.272 e. The summed E-state index contributed by atoms with van der Waals surface area (Å²) in [7, 11) is 0. The fourth-order valence-corrected chi connectivity index (χ4v) is 2.81. The Labute approximate surface area is 97.2 Å². The van der Waals surface area contributed by atoms with E-state index in [-0.39, 0.29) is 5.91 Å². The molecule has 1 amide bonds. The van der Waals surface area contributed by atoms with Crippen molar-refractivity contribution < 1.29 is 4.79 Å². The highest BCUT2D eigenvalue weighted by molar-refractivity contribution is 9.09. The quantitative estimate of drug-likeness (QED) is 0.791. The number of hydrogen-bond donors (Lipinski definition) is 1. The van der Waals surface area contributed by atoms with E-state index in [1.807, 2.05) is 11.8 Å². The van der Waals surface area contributed by atoms with Crippen LogP contribution in [0, 0.1) is 6.92 Å². The Hall–Kier alpha value is -0.840. The molecule has 5 heteroatoms. The van der Waals surface area contributed by atoms with Crippen LogP contribution in [0.4, 0.5) is 0 Å². The minimum absolute atomic E-state index is 0.0550. The number of nitrogens with one attached hydrogen (secondary N) is 1. The molecule has 1 aromatic heterocycles. The zero-order valence-corrected chi connectivity index (χ0v) is 10.4. The summed E-state index contributed by atoms with van der Waals surface area (Å²) in [5, 5.41) is 6.63. The standard InChI is InChI=1S/C10H14BrN3O/c1-6-4-12-13-9(6)10(15)14-5-8(11)3-7(14)2/h4,7-8H,3,5H2,1-2H3,(H,12,13). The Morgan fingerprint density at radius 3 is 2.93 bits per heavy atom. The molecule has 1 aromatic rings. The van der Waals surface area contributed by atoms with Gasteiger partial charge in [-0.3, -0.25) is 9.89 Å². The molecule has 2 rings (SSSR count). The molecule has 0 bridgehead atoms. The molecule has 0 spiro atoms. The molecule has 0 radical (unpaired) electrons. The predicted octanol–water partition coefficient (Wildman–Crippen LogP) is 1.72. The summed E-state index contributed by atoms with van der Waals surface area (Å²) in [6.07, 6.45) is 2.69. The van der Waals surface area contributed by atoms with Crippen molar-refractivity contribution in [2.75, 3.05) is 6.54 Å². The van der Waals surface area contributed by atoms with Gasteiger partial charge in [-0.25, -0.2) is 0 Å². The first kappa shape index (κ1) is 10.7. The van der Waals surface area contributed by atoms with Gasteiger partial charge in [0.2, 0.25) is 0 Å². The number of aromatic amines is 1. The third-order valence-electron chi connectivity index (χ3n) is 2.83. The van der Waals surface area contributed by atoms with Gasteiger partial charge in [-0.15, -0.1) is 0 Å². The lowest BCUT2D eigenvalue weighted by molar-refractivity contribution is 0.0741. The number of alkyl halides is 1. The second-order valence-electron chi connectivity index (χ2n) is 4.07. The summed E-state index contributed by atoms with van der Waals surface area (Å²) >= 11 is 3.55. The molecule has 1 aliphatic rings. The van der Waals surface area contributed by atoms with Crippen LogP contribution in [0.15, 0.2) is 6.20 Å². The number of aromatic nitrogens is 2. The van der Waals surface area contributed by atoms with Gasteiger partial charge in [0.1, 0.15) is 5.69 Å². The van der Waals surface area contributed by atoms with Gasteiger partial charge in [0.05, 0.1) is 6.20 Å². The number of likely N-dealkylation sites (tertiary alicyclic amines) is 1. The maximum Gasteiger partial charge on any atom is 0.272 e. The van der Waals surface area contributed by atoms with Crippen LogP contribution in [0.3, 0.4) is 0 Å². The molecule has 1 saturated heterocycles. The monoisotopic (exact) mass is 271 g/mol. The van der Waals surface area contributed by atoms with Crippen molar-refractivity contribution in [2.45, 2.75) is 31.1 Å². The molecular formula is C10H14BrN3O. The van der Waals surface area contributed by atoms with Gasteiger partial charge in [-0.2, -0.15) is 5.10 Å². The molecule has 82 valence electrons. The highest BCUT2D eigenvalue weighted by Gasteiger charge is 2.32. The van der Waals surface area contributed by atoms with Crippen molar-refractivity contribution >= 4 is 21.8 Å². The summed E-state index contributed by atoms with van der Waals surface area (Å²) in [6, 6.07) is 0.296. The third kappa shape index (κ3) is 1.93. The zero-order valence-electron chi connectivity index (χ0n) is 8.83. The fraction of sp³-hybridized carbons (Fsp3) is 0.600. The molecule has 0 saturated carbocycles. The number of nitrogens with zero attached hydrogens (tertiary/aromatic N) is 2. The topological polar surface area (TPSA) is 49.0 Å². The molecule has 0 aromatic carbocycles. The Balaban J connectivity index is 2.19. The average Bonchev–Trinajstić information content (AvgIpc) is 2.71. The van der Waals surface area contributed by atoms with Crippen LogP contribution in [0.5, 0.6) is 0 Å². The highest BCUT2D eigenvalue weighted by atomic mass is 79.9. The van der Waals surface area contributed by atoms with E-state index in [0.29, 0.717) is 16.6 Å². The molecule has 1 fully saturated rings. The van der Waals surface area contributed by atoms with Crippen molar-refractivity contribution in [3.8, 4) is 0 Å². The number of aryl methyl sites for hydroxylation is 1. The lowest BCUT2D eigenvalue weighted by Crippen LogP contribution is -2.34. The number of H-pyrrole nitrogens is 1. The van der Waals surface area contributed by atoms with Crippen LogP contribution in [0.2, 0.25) is 0 Å². The Morgan fingerprint density at radius 1 is 1.73 bits per heavy atom. The van der Waals surface area contributed by atoms with Crippen LogP contribution >= 0.6 is 15.9 Å². The molecule has 2 unspecified atom stereocenters. The van der Waals surface area contributed by atoms with Crippen molar-refractivity contribution in [2.24, 2.45) is 0 Å². The molecular weight excluding hydrogens is 258 g/mol. The van der Waals surface area contributed by atoms with E-state index < -0.39 is 0 Å². The first-order chi connectivity index (χ1) is 7.09. The van der Waals surface area contributed by atoms with Crippen molar-refractivity contribution in [3.05, 3.63) is 17.5 Å². The summed E-state index contributed by atoms with van der Waals surface area (Å²) in [5.74, 6) is 0.0550. The van der Waals surface area contributed by atoms with Gasteiger partial charge in [0.15, 0.2) is 0 Å². The lowest BCUT2D eigenvalue weighted by atomic mass is 10.2. The van der Waals surface area contributed by atoms with Crippen molar-refractivity contribution in [1.29, 1.82) is 0 Å². The normalized spacial score (nSPS) is 25.9. The van der Waals surface area contributed by atoms with E-state index in [1.54, 1.807) is 6.20 Å². The van der Waals surface area contributed by atoms with E-state index in [0.717, 1.165) is 18.5 Å². The van der Waals surface area contributed by atoms with Crippen LogP contribution < -0.4 is 0 Å². The number of carbonyl (C=O) groups is 1. The van der Waals surface area contributed by atoms with E-state index in [2.05, 4.69) is 33.1 Å². The lowest BCUT2D eigenvalue weighted by Gasteiger charge is -2.20. The average molecular weight is 272 g/mol. The fourth-order valence-electron chi connectivity index (χ4n) is 1.95. The molecule has 2 atom stereocenters. The van der Waals surface area contributed by atoms with Crippen LogP contribution in [0.1, 0.15) is 29.4 Å². The number of carbonyl (C=O) groups excluding carboxylic acids is 1. The number of rotatable bonds is 1. The molecule has 1 N–H and O–H groups in total. The van der Waals surface area contributed by atoms with E-state index in [4.69, 9.17) is 0 Å². The summed E-state index contributed by atoms with van der Waals surface area (Å²) in [5.41, 5.74) is 1.52. The largest absolute Gasteiger partial charge is 0.333 e. The molecule has 2 heterocycles. The van der Waals surface area contributed by atoms with Gasteiger partial charge in [-0.05, 0) is 25.8 Å². The summed E-state index contributed by atoms with van der Waals surface area (Å²) in [6.45, 7) is 4.74. The zero-order chi connectivity index (χ0) is 11.0. The van der Waals surface area contributed by atoms with Crippen molar-refractivity contribution in [3.63, 3.8) is 0 Å². The molecule has 0 aliphatic carbocycles. The van der Waals surface area contributed by atoms with Crippen LogP contribution in [0.25, 0.3) is 0 Å². The molecule has 1 aliphatic heterocycles.